The molecule has 0 amide bonds. The van der Waals surface area contributed by atoms with E-state index in [-0.39, 0.29) is 11.8 Å². The molecule has 2 unspecified atom stereocenters. The minimum Gasteiger partial charge on any atom is -0.298 e. The van der Waals surface area contributed by atoms with Gasteiger partial charge in [0.1, 0.15) is 5.78 Å². The van der Waals surface area contributed by atoms with Crippen LogP contribution in [-0.4, -0.2) is 5.78 Å². The molecule has 0 aromatic heterocycles. The predicted octanol–water partition coefficient (Wildman–Crippen LogP) is 5.83. The summed E-state index contributed by atoms with van der Waals surface area (Å²) in [6.07, 6.45) is 3.04. The van der Waals surface area contributed by atoms with Gasteiger partial charge in [-0.25, -0.2) is 0 Å². The predicted molar refractivity (Wildman–Crippen MR) is 92.6 cm³/mol. The van der Waals surface area contributed by atoms with E-state index in [4.69, 9.17) is 0 Å². The van der Waals surface area contributed by atoms with Crippen molar-refractivity contribution < 1.29 is 4.79 Å². The first-order chi connectivity index (χ1) is 10.1. The van der Waals surface area contributed by atoms with Crippen LogP contribution in [0.5, 0.6) is 0 Å². The first kappa shape index (κ1) is 15.0. The van der Waals surface area contributed by atoms with Crippen LogP contribution in [0.4, 0.5) is 0 Å². The Kier molecular flexibility index (Phi) is 4.60. The number of hydrogen-bond donors (Lipinski definition) is 0. The number of carbonyl (C=O) groups excluding carboxylic acids is 1. The highest BCUT2D eigenvalue weighted by atomic mass is 79.9. The summed E-state index contributed by atoms with van der Waals surface area (Å²) in [5.74, 6) is 0.451. The number of hydrogen-bond acceptors (Lipinski definition) is 1. The molecule has 0 saturated heterocycles. The molecular formula is C18H16Br2O. The van der Waals surface area contributed by atoms with E-state index in [0.717, 1.165) is 39.3 Å². The lowest BCUT2D eigenvalue weighted by atomic mass is 9.74. The second-order valence-corrected chi connectivity index (χ2v) is 7.37. The Bertz CT molecular complexity index is 576. The lowest BCUT2D eigenvalue weighted by Gasteiger charge is -2.28. The van der Waals surface area contributed by atoms with Gasteiger partial charge in [-0.1, -0.05) is 62.5 Å². The average molecular weight is 408 g/mol. The van der Waals surface area contributed by atoms with Gasteiger partial charge in [0.15, 0.2) is 0 Å². The third-order valence-corrected chi connectivity index (χ3v) is 5.27. The first-order valence-electron chi connectivity index (χ1n) is 7.20. The Morgan fingerprint density at radius 3 is 1.48 bits per heavy atom. The van der Waals surface area contributed by atoms with Crippen LogP contribution in [0.1, 0.15) is 42.2 Å². The summed E-state index contributed by atoms with van der Waals surface area (Å²) >= 11 is 6.90. The molecule has 2 atom stereocenters. The molecule has 1 saturated carbocycles. The molecule has 0 radical (unpaired) electrons. The molecule has 21 heavy (non-hydrogen) atoms. The van der Waals surface area contributed by atoms with E-state index in [1.54, 1.807) is 0 Å². The summed E-state index contributed by atoms with van der Waals surface area (Å²) in [6, 6.07) is 16.3. The van der Waals surface area contributed by atoms with Crippen LogP contribution in [0.2, 0.25) is 0 Å². The highest BCUT2D eigenvalue weighted by Crippen LogP contribution is 2.38. The molecular weight excluding hydrogens is 392 g/mol. The quantitative estimate of drug-likeness (QED) is 0.611. The lowest BCUT2D eigenvalue weighted by Crippen LogP contribution is -2.25. The third-order valence-electron chi connectivity index (χ3n) is 4.22. The van der Waals surface area contributed by atoms with Crippen LogP contribution in [0.25, 0.3) is 0 Å². The minimum absolute atomic E-state index is 0.0421. The van der Waals surface area contributed by atoms with Crippen molar-refractivity contribution in [1.82, 2.24) is 0 Å². The smallest absolute Gasteiger partial charge is 0.147 e. The summed E-state index contributed by atoms with van der Waals surface area (Å²) in [7, 11) is 0. The third kappa shape index (κ3) is 3.29. The normalized spacial score (nSPS) is 22.3. The summed E-state index contributed by atoms with van der Waals surface area (Å²) in [6.45, 7) is 0. The lowest BCUT2D eigenvalue weighted by molar-refractivity contribution is -0.123. The van der Waals surface area contributed by atoms with E-state index in [1.807, 2.05) is 24.3 Å². The second-order valence-electron chi connectivity index (χ2n) is 5.54. The van der Waals surface area contributed by atoms with Crippen LogP contribution in [0, 0.1) is 0 Å². The molecule has 0 N–H and O–H groups in total. The van der Waals surface area contributed by atoms with Crippen LogP contribution in [0.15, 0.2) is 57.5 Å². The zero-order valence-electron chi connectivity index (χ0n) is 11.6. The standard InChI is InChI=1S/C18H16Br2O/c19-14-8-4-12(5-9-14)16-2-1-3-17(18(16)21)13-6-10-15(20)11-7-13/h4-11,16-17H,1-3H2. The monoisotopic (exact) mass is 406 g/mol. The Balaban J connectivity index is 1.86. The molecule has 0 bridgehead atoms. The molecule has 1 aliphatic carbocycles. The van der Waals surface area contributed by atoms with Crippen LogP contribution < -0.4 is 0 Å². The van der Waals surface area contributed by atoms with Gasteiger partial charge in [0, 0.05) is 20.8 Å². The largest absolute Gasteiger partial charge is 0.298 e. The Labute approximate surface area is 142 Å². The summed E-state index contributed by atoms with van der Waals surface area (Å²) < 4.78 is 2.11. The number of benzene rings is 2. The number of halogens is 2. The van der Waals surface area contributed by atoms with Crippen LogP contribution >= 0.6 is 31.9 Å². The van der Waals surface area contributed by atoms with Crippen molar-refractivity contribution in [3.8, 4) is 0 Å². The van der Waals surface area contributed by atoms with Gasteiger partial charge in [0.25, 0.3) is 0 Å². The zero-order chi connectivity index (χ0) is 14.8. The van der Waals surface area contributed by atoms with Crippen molar-refractivity contribution >= 4 is 37.6 Å². The van der Waals surface area contributed by atoms with Crippen molar-refractivity contribution in [3.05, 3.63) is 68.6 Å². The Hall–Kier alpha value is -0.930. The fourth-order valence-corrected chi connectivity index (χ4v) is 3.63. The van der Waals surface area contributed by atoms with Gasteiger partial charge in [-0.05, 0) is 48.2 Å². The molecule has 1 aliphatic rings. The fourth-order valence-electron chi connectivity index (χ4n) is 3.11. The molecule has 1 nitrogen and oxygen atoms in total. The van der Waals surface area contributed by atoms with E-state index in [9.17, 15) is 4.79 Å². The number of Topliss-reactive ketones (excluding diaryl/α,β-unsaturated/α-hetero) is 1. The van der Waals surface area contributed by atoms with Gasteiger partial charge < -0.3 is 0 Å². The fraction of sp³-hybridized carbons (Fsp3) is 0.278. The molecule has 2 aromatic carbocycles. The molecule has 0 heterocycles. The maximum absolute atomic E-state index is 12.9. The molecule has 0 spiro atoms. The van der Waals surface area contributed by atoms with Gasteiger partial charge in [-0.3, -0.25) is 4.79 Å². The van der Waals surface area contributed by atoms with Crippen molar-refractivity contribution in [1.29, 1.82) is 0 Å². The number of ketones is 1. The van der Waals surface area contributed by atoms with E-state index in [1.165, 1.54) is 0 Å². The molecule has 3 heteroatoms. The molecule has 108 valence electrons. The van der Waals surface area contributed by atoms with E-state index < -0.39 is 0 Å². The summed E-state index contributed by atoms with van der Waals surface area (Å²) in [5.41, 5.74) is 2.29. The number of rotatable bonds is 2. The molecule has 0 aliphatic heterocycles. The van der Waals surface area contributed by atoms with E-state index in [0.29, 0.717) is 5.78 Å². The second kappa shape index (κ2) is 6.45. The SMILES string of the molecule is O=C1C(c2ccc(Br)cc2)CCCC1c1ccc(Br)cc1. The zero-order valence-corrected chi connectivity index (χ0v) is 14.7. The maximum Gasteiger partial charge on any atom is 0.147 e. The van der Waals surface area contributed by atoms with Gasteiger partial charge >= 0.3 is 0 Å². The maximum atomic E-state index is 12.9. The minimum atomic E-state index is 0.0421. The summed E-state index contributed by atoms with van der Waals surface area (Å²) in [5, 5.41) is 0. The van der Waals surface area contributed by atoms with Crippen LogP contribution in [0.3, 0.4) is 0 Å². The van der Waals surface area contributed by atoms with Gasteiger partial charge in [0.2, 0.25) is 0 Å². The van der Waals surface area contributed by atoms with Crippen molar-refractivity contribution in [2.75, 3.05) is 0 Å². The Morgan fingerprint density at radius 2 is 1.10 bits per heavy atom. The average Bonchev–Trinajstić information content (AvgIpc) is 2.50. The van der Waals surface area contributed by atoms with Gasteiger partial charge in [-0.15, -0.1) is 0 Å². The summed E-state index contributed by atoms with van der Waals surface area (Å²) in [4.78, 5) is 12.9. The van der Waals surface area contributed by atoms with Crippen LogP contribution in [-0.2, 0) is 4.79 Å². The Morgan fingerprint density at radius 1 is 0.714 bits per heavy atom. The van der Waals surface area contributed by atoms with Gasteiger partial charge in [-0.2, -0.15) is 0 Å². The molecule has 3 rings (SSSR count). The van der Waals surface area contributed by atoms with Crippen molar-refractivity contribution in [2.45, 2.75) is 31.1 Å². The highest BCUT2D eigenvalue weighted by molar-refractivity contribution is 9.10. The number of carbonyl (C=O) groups is 1. The van der Waals surface area contributed by atoms with E-state index >= 15 is 0 Å². The first-order valence-corrected chi connectivity index (χ1v) is 8.78. The molecule has 1 fully saturated rings. The van der Waals surface area contributed by atoms with Crippen molar-refractivity contribution in [3.63, 3.8) is 0 Å². The topological polar surface area (TPSA) is 17.1 Å². The van der Waals surface area contributed by atoms with Gasteiger partial charge in [0.05, 0.1) is 0 Å². The molecule has 2 aromatic rings. The van der Waals surface area contributed by atoms with E-state index in [2.05, 4.69) is 56.1 Å². The van der Waals surface area contributed by atoms with Crippen molar-refractivity contribution in [2.24, 2.45) is 0 Å². The highest BCUT2D eigenvalue weighted by Gasteiger charge is 2.32.